The van der Waals surface area contributed by atoms with Crippen LogP contribution in [0.2, 0.25) is 0 Å². The minimum atomic E-state index is -0.0372. The highest BCUT2D eigenvalue weighted by atomic mass is 16.1. The molecule has 0 radical (unpaired) electrons. The lowest BCUT2D eigenvalue weighted by Crippen LogP contribution is -2.35. The molecule has 1 heterocycles. The number of fused-ring (bicyclic) bond motifs is 1. The number of carbonyl (C=O) groups excluding carboxylic acids is 1. The van der Waals surface area contributed by atoms with E-state index < -0.39 is 0 Å². The molecule has 0 fully saturated rings. The highest BCUT2D eigenvalue weighted by molar-refractivity contribution is 5.85. The van der Waals surface area contributed by atoms with Crippen LogP contribution in [0.5, 0.6) is 0 Å². The number of carbonyl (C=O) groups is 1. The zero-order valence-corrected chi connectivity index (χ0v) is 10.2. The molecule has 0 bridgehead atoms. The number of hydrogen-bond donors (Lipinski definition) is 1. The van der Waals surface area contributed by atoms with Crippen molar-refractivity contribution in [2.24, 2.45) is 5.41 Å². The third-order valence-electron chi connectivity index (χ3n) is 3.19. The Kier molecular flexibility index (Phi) is 2.75. The smallest absolute Gasteiger partial charge is 0.228 e. The topological polar surface area (TPSA) is 29.1 Å². The first kappa shape index (κ1) is 11.2. The third-order valence-corrected chi connectivity index (χ3v) is 3.19. The summed E-state index contributed by atoms with van der Waals surface area (Å²) in [5.74, 6) is 0.128. The fourth-order valence-corrected chi connectivity index (χ4v) is 2.47. The standard InChI is InChI=1S/C14H19NO/c1-14(2,3)12-11-7-5-4-6-10(11)8-9-15-13(12)16/h4-7,12H,8-9H2,1-3H3,(H,15,16). The van der Waals surface area contributed by atoms with Crippen LogP contribution in [0.4, 0.5) is 0 Å². The SMILES string of the molecule is CC(C)(C)C1C(=O)NCCc2ccccc21. The lowest BCUT2D eigenvalue weighted by atomic mass is 9.75. The van der Waals surface area contributed by atoms with Crippen LogP contribution in [-0.2, 0) is 11.2 Å². The van der Waals surface area contributed by atoms with Crippen LogP contribution in [0, 0.1) is 5.41 Å². The Balaban J connectivity index is 2.52. The van der Waals surface area contributed by atoms with Gasteiger partial charge in [-0.25, -0.2) is 0 Å². The highest BCUT2D eigenvalue weighted by Gasteiger charge is 2.35. The van der Waals surface area contributed by atoms with Gasteiger partial charge in [-0.1, -0.05) is 45.0 Å². The molecule has 0 spiro atoms. The van der Waals surface area contributed by atoms with Crippen molar-refractivity contribution in [1.29, 1.82) is 0 Å². The van der Waals surface area contributed by atoms with Crippen molar-refractivity contribution < 1.29 is 4.79 Å². The van der Waals surface area contributed by atoms with Gasteiger partial charge >= 0.3 is 0 Å². The summed E-state index contributed by atoms with van der Waals surface area (Å²) >= 11 is 0. The van der Waals surface area contributed by atoms with Crippen LogP contribution in [0.1, 0.15) is 37.8 Å². The van der Waals surface area contributed by atoms with E-state index in [0.29, 0.717) is 0 Å². The van der Waals surface area contributed by atoms with Crippen LogP contribution >= 0.6 is 0 Å². The van der Waals surface area contributed by atoms with E-state index in [2.05, 4.69) is 38.2 Å². The van der Waals surface area contributed by atoms with Gasteiger partial charge in [0, 0.05) is 6.54 Å². The molecule has 16 heavy (non-hydrogen) atoms. The van der Waals surface area contributed by atoms with Gasteiger partial charge in [-0.2, -0.15) is 0 Å². The van der Waals surface area contributed by atoms with Crippen LogP contribution < -0.4 is 5.32 Å². The molecular formula is C14H19NO. The summed E-state index contributed by atoms with van der Waals surface area (Å²) in [4.78, 5) is 12.1. The van der Waals surface area contributed by atoms with Crippen LogP contribution in [0.3, 0.4) is 0 Å². The van der Waals surface area contributed by atoms with Crippen molar-refractivity contribution in [2.45, 2.75) is 33.1 Å². The van der Waals surface area contributed by atoms with Crippen molar-refractivity contribution in [2.75, 3.05) is 6.54 Å². The minimum absolute atomic E-state index is 0.0359. The van der Waals surface area contributed by atoms with Gasteiger partial charge in [0.1, 0.15) is 0 Å². The molecule has 0 saturated heterocycles. The minimum Gasteiger partial charge on any atom is -0.355 e. The van der Waals surface area contributed by atoms with Gasteiger partial charge in [-0.05, 0) is 23.0 Å². The first-order chi connectivity index (χ1) is 7.50. The van der Waals surface area contributed by atoms with Crippen molar-refractivity contribution in [1.82, 2.24) is 5.32 Å². The van der Waals surface area contributed by atoms with E-state index in [-0.39, 0.29) is 17.2 Å². The quantitative estimate of drug-likeness (QED) is 0.710. The molecule has 1 aliphatic rings. The molecule has 1 N–H and O–H groups in total. The predicted octanol–water partition coefficient (Wildman–Crippen LogP) is 2.49. The zero-order chi connectivity index (χ0) is 11.8. The van der Waals surface area contributed by atoms with Gasteiger partial charge in [-0.15, -0.1) is 0 Å². The van der Waals surface area contributed by atoms with Gasteiger partial charge in [0.2, 0.25) is 5.91 Å². The lowest BCUT2D eigenvalue weighted by Gasteiger charge is -2.29. The second-order valence-electron chi connectivity index (χ2n) is 5.54. The summed E-state index contributed by atoms with van der Waals surface area (Å²) < 4.78 is 0. The Morgan fingerprint density at radius 3 is 2.62 bits per heavy atom. The fourth-order valence-electron chi connectivity index (χ4n) is 2.47. The maximum atomic E-state index is 12.1. The Labute approximate surface area is 97.1 Å². The maximum absolute atomic E-state index is 12.1. The van der Waals surface area contributed by atoms with Gasteiger partial charge in [0.15, 0.2) is 0 Å². The number of benzene rings is 1. The fraction of sp³-hybridized carbons (Fsp3) is 0.500. The zero-order valence-electron chi connectivity index (χ0n) is 10.2. The molecular weight excluding hydrogens is 198 g/mol. The summed E-state index contributed by atoms with van der Waals surface area (Å²) in [5, 5.41) is 3.01. The first-order valence-electron chi connectivity index (χ1n) is 5.85. The third kappa shape index (κ3) is 1.97. The number of nitrogens with one attached hydrogen (secondary N) is 1. The van der Waals surface area contributed by atoms with Crippen LogP contribution in [0.25, 0.3) is 0 Å². The summed E-state index contributed by atoms with van der Waals surface area (Å²) in [6.45, 7) is 7.13. The Bertz CT molecular complexity index is 403. The van der Waals surface area contributed by atoms with E-state index in [1.165, 1.54) is 11.1 Å². The van der Waals surface area contributed by atoms with Crippen molar-refractivity contribution in [3.05, 3.63) is 35.4 Å². The largest absolute Gasteiger partial charge is 0.355 e. The maximum Gasteiger partial charge on any atom is 0.228 e. The molecule has 1 atom stereocenters. The van der Waals surface area contributed by atoms with E-state index in [1.807, 2.05) is 12.1 Å². The molecule has 2 heteroatoms. The Morgan fingerprint density at radius 1 is 1.25 bits per heavy atom. The number of amides is 1. The van der Waals surface area contributed by atoms with E-state index in [9.17, 15) is 4.79 Å². The molecule has 1 aromatic carbocycles. The van der Waals surface area contributed by atoms with Crippen LogP contribution in [-0.4, -0.2) is 12.5 Å². The average Bonchev–Trinajstić information content (AvgIpc) is 2.34. The molecule has 0 aliphatic carbocycles. The van der Waals surface area contributed by atoms with E-state index in [0.717, 1.165) is 13.0 Å². The normalized spacial score (nSPS) is 20.9. The van der Waals surface area contributed by atoms with Crippen molar-refractivity contribution in [3.63, 3.8) is 0 Å². The van der Waals surface area contributed by atoms with E-state index in [4.69, 9.17) is 0 Å². The highest BCUT2D eigenvalue weighted by Crippen LogP contribution is 2.37. The monoisotopic (exact) mass is 217 g/mol. The summed E-state index contributed by atoms with van der Waals surface area (Å²) in [6, 6.07) is 8.30. The van der Waals surface area contributed by atoms with Crippen molar-refractivity contribution in [3.8, 4) is 0 Å². The number of hydrogen-bond acceptors (Lipinski definition) is 1. The average molecular weight is 217 g/mol. The first-order valence-corrected chi connectivity index (χ1v) is 5.85. The molecule has 0 aromatic heterocycles. The summed E-state index contributed by atoms with van der Waals surface area (Å²) in [5.41, 5.74) is 2.47. The van der Waals surface area contributed by atoms with E-state index in [1.54, 1.807) is 0 Å². The molecule has 2 nitrogen and oxygen atoms in total. The van der Waals surface area contributed by atoms with Crippen molar-refractivity contribution >= 4 is 5.91 Å². The molecule has 86 valence electrons. The van der Waals surface area contributed by atoms with Gasteiger partial charge in [0.25, 0.3) is 0 Å². The van der Waals surface area contributed by atoms with Gasteiger partial charge in [-0.3, -0.25) is 4.79 Å². The van der Waals surface area contributed by atoms with Gasteiger partial charge < -0.3 is 5.32 Å². The number of rotatable bonds is 0. The second kappa shape index (κ2) is 3.93. The molecule has 0 saturated carbocycles. The molecule has 1 aromatic rings. The van der Waals surface area contributed by atoms with Crippen LogP contribution in [0.15, 0.2) is 24.3 Å². The molecule has 1 aliphatic heterocycles. The lowest BCUT2D eigenvalue weighted by molar-refractivity contribution is -0.124. The second-order valence-corrected chi connectivity index (χ2v) is 5.54. The Morgan fingerprint density at radius 2 is 1.94 bits per heavy atom. The van der Waals surface area contributed by atoms with Gasteiger partial charge in [0.05, 0.1) is 5.92 Å². The summed E-state index contributed by atoms with van der Waals surface area (Å²) in [7, 11) is 0. The molecule has 1 amide bonds. The predicted molar refractivity (Wildman–Crippen MR) is 65.4 cm³/mol. The molecule has 2 rings (SSSR count). The molecule has 1 unspecified atom stereocenters. The summed E-state index contributed by atoms with van der Waals surface area (Å²) in [6.07, 6.45) is 0.939. The Hall–Kier alpha value is -1.31. The van der Waals surface area contributed by atoms with E-state index >= 15 is 0 Å².